The molecule has 1 aliphatic carbocycles. The first-order valence-electron chi connectivity index (χ1n) is 7.76. The number of nitrogens with zero attached hydrogens (tertiary/aromatic N) is 1. The molecule has 1 heteroatoms. The Morgan fingerprint density at radius 2 is 1.59 bits per heavy atom. The van der Waals surface area contributed by atoms with Crippen LogP contribution in [0.2, 0.25) is 0 Å². The molecule has 1 nitrogen and oxygen atoms in total. The Balaban J connectivity index is 2.10. The van der Waals surface area contributed by atoms with Crippen molar-refractivity contribution in [3.63, 3.8) is 0 Å². The summed E-state index contributed by atoms with van der Waals surface area (Å²) in [6.45, 7) is 6.85. The first-order valence-corrected chi connectivity index (χ1v) is 7.76. The van der Waals surface area contributed by atoms with E-state index in [0.717, 1.165) is 5.69 Å². The van der Waals surface area contributed by atoms with Gasteiger partial charge in [-0.3, -0.25) is 4.98 Å². The minimum Gasteiger partial charge on any atom is -0.256 e. The van der Waals surface area contributed by atoms with Gasteiger partial charge in [0.05, 0.1) is 5.69 Å². The Labute approximate surface area is 131 Å². The summed E-state index contributed by atoms with van der Waals surface area (Å²) in [5.74, 6) is 0. The van der Waals surface area contributed by atoms with Crippen LogP contribution in [0.4, 0.5) is 0 Å². The summed E-state index contributed by atoms with van der Waals surface area (Å²) in [5.41, 5.74) is 9.24. The van der Waals surface area contributed by atoms with Gasteiger partial charge in [0.2, 0.25) is 0 Å². The molecule has 0 unspecified atom stereocenters. The SMILES string of the molecule is Cc1ccc(-c2ccccn2)c2c1-c1ccccc1C2(C)C. The number of pyridine rings is 1. The Hall–Kier alpha value is -2.41. The van der Waals surface area contributed by atoms with E-state index in [0.29, 0.717) is 0 Å². The Morgan fingerprint density at radius 1 is 0.818 bits per heavy atom. The Morgan fingerprint density at radius 3 is 2.36 bits per heavy atom. The number of hydrogen-bond acceptors (Lipinski definition) is 1. The van der Waals surface area contributed by atoms with Gasteiger partial charge in [-0.15, -0.1) is 0 Å². The highest BCUT2D eigenvalue weighted by Crippen LogP contribution is 2.52. The fourth-order valence-corrected chi connectivity index (χ4v) is 3.82. The third kappa shape index (κ3) is 1.69. The largest absolute Gasteiger partial charge is 0.256 e. The predicted octanol–water partition coefficient (Wildman–Crippen LogP) is 5.36. The van der Waals surface area contributed by atoms with Crippen LogP contribution in [0.25, 0.3) is 22.4 Å². The Bertz CT molecular complexity index is 860. The molecular weight excluding hydrogens is 266 g/mol. The number of aromatic nitrogens is 1. The summed E-state index contributed by atoms with van der Waals surface area (Å²) in [7, 11) is 0. The lowest BCUT2D eigenvalue weighted by molar-refractivity contribution is 0.661. The molecule has 0 fully saturated rings. The number of rotatable bonds is 1. The molecule has 0 amide bonds. The highest BCUT2D eigenvalue weighted by molar-refractivity contribution is 5.89. The van der Waals surface area contributed by atoms with Crippen molar-refractivity contribution in [3.05, 3.63) is 77.5 Å². The zero-order chi connectivity index (χ0) is 15.3. The van der Waals surface area contributed by atoms with Gasteiger partial charge in [0.1, 0.15) is 0 Å². The standard InChI is InChI=1S/C21H19N/c1-14-11-12-16(18-10-6-7-13-22-18)20-19(14)15-8-4-5-9-17(15)21(20,2)3/h4-13H,1-3H3. The Kier molecular flexibility index (Phi) is 2.74. The predicted molar refractivity (Wildman–Crippen MR) is 92.0 cm³/mol. The zero-order valence-electron chi connectivity index (χ0n) is 13.2. The van der Waals surface area contributed by atoms with E-state index >= 15 is 0 Å². The van der Waals surface area contributed by atoms with Crippen LogP contribution >= 0.6 is 0 Å². The minimum atomic E-state index is 0.00476. The first kappa shape index (κ1) is 13.3. The second kappa shape index (κ2) is 4.54. The van der Waals surface area contributed by atoms with Crippen molar-refractivity contribution in [2.75, 3.05) is 0 Å². The van der Waals surface area contributed by atoms with E-state index in [1.165, 1.54) is 33.4 Å². The van der Waals surface area contributed by atoms with Gasteiger partial charge in [0.15, 0.2) is 0 Å². The molecular formula is C21H19N. The number of aryl methyl sites for hydroxylation is 1. The second-order valence-corrected chi connectivity index (χ2v) is 6.57. The fraction of sp³-hybridized carbons (Fsp3) is 0.190. The normalized spacial score (nSPS) is 14.5. The van der Waals surface area contributed by atoms with Crippen LogP contribution in [0, 0.1) is 6.92 Å². The molecule has 0 bridgehead atoms. The molecule has 0 saturated heterocycles. The maximum Gasteiger partial charge on any atom is 0.0705 e. The van der Waals surface area contributed by atoms with E-state index in [2.05, 4.69) is 74.3 Å². The van der Waals surface area contributed by atoms with E-state index in [1.807, 2.05) is 12.3 Å². The van der Waals surface area contributed by atoms with Crippen LogP contribution in [0.5, 0.6) is 0 Å². The summed E-state index contributed by atoms with van der Waals surface area (Å²) < 4.78 is 0. The molecule has 108 valence electrons. The van der Waals surface area contributed by atoms with E-state index in [-0.39, 0.29) is 5.41 Å². The summed E-state index contributed by atoms with van der Waals surface area (Å²) >= 11 is 0. The summed E-state index contributed by atoms with van der Waals surface area (Å²) in [5, 5.41) is 0. The summed E-state index contributed by atoms with van der Waals surface area (Å²) in [6.07, 6.45) is 1.87. The average Bonchev–Trinajstić information content (AvgIpc) is 2.79. The quantitative estimate of drug-likeness (QED) is 0.586. The zero-order valence-corrected chi connectivity index (χ0v) is 13.2. The van der Waals surface area contributed by atoms with Crippen molar-refractivity contribution in [1.82, 2.24) is 4.98 Å². The lowest BCUT2D eigenvalue weighted by Crippen LogP contribution is -2.16. The first-order chi connectivity index (χ1) is 10.6. The van der Waals surface area contributed by atoms with Crippen molar-refractivity contribution < 1.29 is 0 Å². The molecule has 0 atom stereocenters. The van der Waals surface area contributed by atoms with Gasteiger partial charge in [-0.1, -0.05) is 56.3 Å². The van der Waals surface area contributed by atoms with Crippen LogP contribution in [-0.4, -0.2) is 4.98 Å². The molecule has 1 heterocycles. The smallest absolute Gasteiger partial charge is 0.0705 e. The monoisotopic (exact) mass is 285 g/mol. The van der Waals surface area contributed by atoms with Crippen LogP contribution in [0.1, 0.15) is 30.5 Å². The van der Waals surface area contributed by atoms with Crippen molar-refractivity contribution >= 4 is 0 Å². The third-order valence-electron chi connectivity index (χ3n) is 4.85. The van der Waals surface area contributed by atoms with E-state index in [9.17, 15) is 0 Å². The maximum atomic E-state index is 4.58. The molecule has 3 aromatic rings. The number of hydrogen-bond donors (Lipinski definition) is 0. The number of benzene rings is 2. The molecule has 0 N–H and O–H groups in total. The van der Waals surface area contributed by atoms with Crippen LogP contribution in [-0.2, 0) is 5.41 Å². The molecule has 4 rings (SSSR count). The number of fused-ring (bicyclic) bond motifs is 3. The van der Waals surface area contributed by atoms with Gasteiger partial charge >= 0.3 is 0 Å². The minimum absolute atomic E-state index is 0.00476. The summed E-state index contributed by atoms with van der Waals surface area (Å²) in [4.78, 5) is 4.58. The fourth-order valence-electron chi connectivity index (χ4n) is 3.82. The molecule has 1 aliphatic rings. The maximum absolute atomic E-state index is 4.58. The van der Waals surface area contributed by atoms with Crippen molar-refractivity contribution in [2.24, 2.45) is 0 Å². The lowest BCUT2D eigenvalue weighted by atomic mass is 9.79. The molecule has 0 spiro atoms. The third-order valence-corrected chi connectivity index (χ3v) is 4.85. The van der Waals surface area contributed by atoms with Crippen molar-refractivity contribution in [2.45, 2.75) is 26.2 Å². The molecule has 0 radical (unpaired) electrons. The van der Waals surface area contributed by atoms with Crippen molar-refractivity contribution in [3.8, 4) is 22.4 Å². The highest BCUT2D eigenvalue weighted by Gasteiger charge is 2.38. The molecule has 1 aromatic heterocycles. The van der Waals surface area contributed by atoms with Gasteiger partial charge in [-0.05, 0) is 46.9 Å². The molecule has 2 aromatic carbocycles. The topological polar surface area (TPSA) is 12.9 Å². The average molecular weight is 285 g/mol. The van der Waals surface area contributed by atoms with E-state index < -0.39 is 0 Å². The van der Waals surface area contributed by atoms with Crippen LogP contribution in [0.15, 0.2) is 60.8 Å². The van der Waals surface area contributed by atoms with Gasteiger partial charge in [0, 0.05) is 17.2 Å². The van der Waals surface area contributed by atoms with Gasteiger partial charge in [0.25, 0.3) is 0 Å². The van der Waals surface area contributed by atoms with Crippen LogP contribution < -0.4 is 0 Å². The van der Waals surface area contributed by atoms with Gasteiger partial charge < -0.3 is 0 Å². The second-order valence-electron chi connectivity index (χ2n) is 6.57. The van der Waals surface area contributed by atoms with E-state index in [4.69, 9.17) is 0 Å². The van der Waals surface area contributed by atoms with Gasteiger partial charge in [-0.2, -0.15) is 0 Å². The molecule has 0 aliphatic heterocycles. The molecule has 0 saturated carbocycles. The van der Waals surface area contributed by atoms with Gasteiger partial charge in [-0.25, -0.2) is 0 Å². The van der Waals surface area contributed by atoms with Crippen LogP contribution in [0.3, 0.4) is 0 Å². The van der Waals surface area contributed by atoms with Crippen molar-refractivity contribution in [1.29, 1.82) is 0 Å². The lowest BCUT2D eigenvalue weighted by Gasteiger charge is -2.24. The van der Waals surface area contributed by atoms with E-state index in [1.54, 1.807) is 0 Å². The highest BCUT2D eigenvalue weighted by atomic mass is 14.7. The summed E-state index contributed by atoms with van der Waals surface area (Å²) in [6, 6.07) is 19.4. The molecule has 22 heavy (non-hydrogen) atoms.